The molecule has 1 N–H and O–H groups in total. The average Bonchev–Trinajstić information content (AvgIpc) is 2.00. The van der Waals surface area contributed by atoms with Gasteiger partial charge in [0.2, 0.25) is 0 Å². The lowest BCUT2D eigenvalue weighted by Crippen LogP contribution is -2.26. The van der Waals surface area contributed by atoms with Crippen molar-refractivity contribution in [3.05, 3.63) is 28.2 Å². The molecular formula is C10H13Cl2NO. The van der Waals surface area contributed by atoms with E-state index in [0.717, 1.165) is 5.69 Å². The molecule has 0 saturated carbocycles. The first-order valence-electron chi connectivity index (χ1n) is 4.34. The third-order valence-corrected chi connectivity index (χ3v) is 2.26. The van der Waals surface area contributed by atoms with Gasteiger partial charge in [-0.1, -0.05) is 23.2 Å². The van der Waals surface area contributed by atoms with E-state index < -0.39 is 0 Å². The summed E-state index contributed by atoms with van der Waals surface area (Å²) < 4.78 is 0. The molecule has 0 fully saturated rings. The normalized spacial score (nSPS) is 12.6. The van der Waals surface area contributed by atoms with Gasteiger partial charge >= 0.3 is 0 Å². The van der Waals surface area contributed by atoms with Crippen LogP contribution in [0.15, 0.2) is 18.2 Å². The second kappa shape index (κ2) is 4.87. The fourth-order valence-corrected chi connectivity index (χ4v) is 1.78. The molecule has 1 aromatic rings. The molecule has 0 aromatic heterocycles. The van der Waals surface area contributed by atoms with E-state index in [4.69, 9.17) is 23.2 Å². The Bertz CT molecular complexity index is 295. The zero-order chi connectivity index (χ0) is 10.7. The minimum absolute atomic E-state index is 0.377. The molecule has 4 heteroatoms. The summed E-state index contributed by atoms with van der Waals surface area (Å²) in [5.74, 6) is 0. The Labute approximate surface area is 94.1 Å². The van der Waals surface area contributed by atoms with Crippen LogP contribution in [-0.4, -0.2) is 24.8 Å². The van der Waals surface area contributed by atoms with Gasteiger partial charge in [-0.3, -0.25) is 0 Å². The molecule has 1 unspecified atom stereocenters. The van der Waals surface area contributed by atoms with E-state index >= 15 is 0 Å². The zero-order valence-corrected chi connectivity index (χ0v) is 9.68. The van der Waals surface area contributed by atoms with Gasteiger partial charge in [0, 0.05) is 29.3 Å². The summed E-state index contributed by atoms with van der Waals surface area (Å²) in [6, 6.07) is 5.31. The van der Waals surface area contributed by atoms with Crippen LogP contribution in [0.1, 0.15) is 6.92 Å². The van der Waals surface area contributed by atoms with E-state index in [1.165, 1.54) is 0 Å². The molecule has 0 amide bonds. The monoisotopic (exact) mass is 233 g/mol. The number of aliphatic hydroxyl groups excluding tert-OH is 1. The van der Waals surface area contributed by atoms with Gasteiger partial charge in [0.15, 0.2) is 0 Å². The lowest BCUT2D eigenvalue weighted by atomic mass is 10.2. The number of halogens is 2. The van der Waals surface area contributed by atoms with Crippen LogP contribution in [0.3, 0.4) is 0 Å². The second-order valence-corrected chi connectivity index (χ2v) is 4.23. The Morgan fingerprint density at radius 2 is 1.79 bits per heavy atom. The van der Waals surface area contributed by atoms with Crippen molar-refractivity contribution in [1.82, 2.24) is 0 Å². The fraction of sp³-hybridized carbons (Fsp3) is 0.400. The summed E-state index contributed by atoms with van der Waals surface area (Å²) in [5.41, 5.74) is 0.906. The van der Waals surface area contributed by atoms with Crippen molar-refractivity contribution < 1.29 is 5.11 Å². The van der Waals surface area contributed by atoms with E-state index in [2.05, 4.69) is 0 Å². The number of nitrogens with zero attached hydrogens (tertiary/aromatic N) is 1. The summed E-state index contributed by atoms with van der Waals surface area (Å²) in [6.07, 6.45) is -0.377. The second-order valence-electron chi connectivity index (χ2n) is 3.36. The molecule has 1 aromatic carbocycles. The van der Waals surface area contributed by atoms with E-state index in [1.54, 1.807) is 13.0 Å². The van der Waals surface area contributed by atoms with Crippen molar-refractivity contribution in [2.24, 2.45) is 0 Å². The Kier molecular flexibility index (Phi) is 4.05. The van der Waals surface area contributed by atoms with Crippen LogP contribution in [0.5, 0.6) is 0 Å². The van der Waals surface area contributed by atoms with E-state index in [1.807, 2.05) is 24.1 Å². The Morgan fingerprint density at radius 1 is 1.29 bits per heavy atom. The average molecular weight is 234 g/mol. The van der Waals surface area contributed by atoms with Crippen molar-refractivity contribution in [1.29, 1.82) is 0 Å². The number of likely N-dealkylation sites (N-methyl/N-ethyl adjacent to an activating group) is 1. The summed E-state index contributed by atoms with van der Waals surface area (Å²) in [6.45, 7) is 2.29. The van der Waals surface area contributed by atoms with Crippen molar-refractivity contribution in [2.45, 2.75) is 13.0 Å². The van der Waals surface area contributed by atoms with Crippen LogP contribution in [0, 0.1) is 0 Å². The molecule has 0 aliphatic carbocycles. The van der Waals surface area contributed by atoms with Gasteiger partial charge in [0.1, 0.15) is 0 Å². The highest BCUT2D eigenvalue weighted by molar-refractivity contribution is 6.35. The SMILES string of the molecule is CC(O)CN(C)c1cc(Cl)cc(Cl)c1. The molecule has 2 nitrogen and oxygen atoms in total. The van der Waals surface area contributed by atoms with Gasteiger partial charge < -0.3 is 10.0 Å². The molecule has 0 aliphatic rings. The quantitative estimate of drug-likeness (QED) is 0.869. The summed E-state index contributed by atoms with van der Waals surface area (Å²) in [7, 11) is 1.88. The van der Waals surface area contributed by atoms with Crippen molar-refractivity contribution >= 4 is 28.9 Å². The van der Waals surface area contributed by atoms with Gasteiger partial charge in [0.25, 0.3) is 0 Å². The molecule has 0 spiro atoms. The van der Waals surface area contributed by atoms with Gasteiger partial charge in [-0.2, -0.15) is 0 Å². The molecule has 0 aliphatic heterocycles. The maximum Gasteiger partial charge on any atom is 0.0686 e. The van der Waals surface area contributed by atoms with Crippen LogP contribution >= 0.6 is 23.2 Å². The Balaban J connectivity index is 2.84. The molecule has 0 heterocycles. The maximum absolute atomic E-state index is 9.22. The van der Waals surface area contributed by atoms with Crippen LogP contribution in [0.2, 0.25) is 10.0 Å². The number of anilines is 1. The summed E-state index contributed by atoms with van der Waals surface area (Å²) in [4.78, 5) is 1.91. The molecule has 78 valence electrons. The lowest BCUT2D eigenvalue weighted by Gasteiger charge is -2.21. The highest BCUT2D eigenvalue weighted by Gasteiger charge is 2.06. The zero-order valence-electron chi connectivity index (χ0n) is 8.17. The van der Waals surface area contributed by atoms with E-state index in [0.29, 0.717) is 16.6 Å². The van der Waals surface area contributed by atoms with E-state index in [-0.39, 0.29) is 6.10 Å². The van der Waals surface area contributed by atoms with Gasteiger partial charge in [-0.25, -0.2) is 0 Å². The number of aliphatic hydroxyl groups is 1. The highest BCUT2D eigenvalue weighted by atomic mass is 35.5. The standard InChI is InChI=1S/C10H13Cl2NO/c1-7(14)6-13(2)10-4-8(11)3-9(12)5-10/h3-5,7,14H,6H2,1-2H3. The van der Waals surface area contributed by atoms with Crippen LogP contribution in [0.25, 0.3) is 0 Å². The predicted molar refractivity (Wildman–Crippen MR) is 61.4 cm³/mol. The maximum atomic E-state index is 9.22. The molecular weight excluding hydrogens is 221 g/mol. The smallest absolute Gasteiger partial charge is 0.0686 e. The van der Waals surface area contributed by atoms with Crippen molar-refractivity contribution in [3.63, 3.8) is 0 Å². The first-order chi connectivity index (χ1) is 6.49. The van der Waals surface area contributed by atoms with Gasteiger partial charge in [-0.15, -0.1) is 0 Å². The van der Waals surface area contributed by atoms with E-state index in [9.17, 15) is 5.11 Å². The summed E-state index contributed by atoms with van der Waals surface area (Å²) >= 11 is 11.7. The first kappa shape index (κ1) is 11.6. The third kappa shape index (κ3) is 3.37. The number of rotatable bonds is 3. The van der Waals surface area contributed by atoms with Crippen LogP contribution in [-0.2, 0) is 0 Å². The number of hydrogen-bond donors (Lipinski definition) is 1. The number of benzene rings is 1. The lowest BCUT2D eigenvalue weighted by molar-refractivity contribution is 0.201. The molecule has 0 bridgehead atoms. The van der Waals surface area contributed by atoms with Gasteiger partial charge in [-0.05, 0) is 25.1 Å². The fourth-order valence-electron chi connectivity index (χ4n) is 1.26. The Hall–Kier alpha value is -0.440. The van der Waals surface area contributed by atoms with Crippen molar-refractivity contribution in [2.75, 3.05) is 18.5 Å². The molecule has 0 radical (unpaired) electrons. The number of hydrogen-bond acceptors (Lipinski definition) is 2. The van der Waals surface area contributed by atoms with Crippen molar-refractivity contribution in [3.8, 4) is 0 Å². The molecule has 14 heavy (non-hydrogen) atoms. The predicted octanol–water partition coefficient (Wildman–Crippen LogP) is 2.81. The third-order valence-electron chi connectivity index (χ3n) is 1.83. The molecule has 1 rings (SSSR count). The Morgan fingerprint density at radius 3 is 2.21 bits per heavy atom. The summed E-state index contributed by atoms with van der Waals surface area (Å²) in [5, 5.41) is 10.4. The minimum atomic E-state index is -0.377. The topological polar surface area (TPSA) is 23.5 Å². The van der Waals surface area contributed by atoms with Crippen LogP contribution in [0.4, 0.5) is 5.69 Å². The molecule has 1 atom stereocenters. The minimum Gasteiger partial charge on any atom is -0.392 e. The van der Waals surface area contributed by atoms with Gasteiger partial charge in [0.05, 0.1) is 6.10 Å². The highest BCUT2D eigenvalue weighted by Crippen LogP contribution is 2.24. The molecule has 0 saturated heterocycles. The first-order valence-corrected chi connectivity index (χ1v) is 5.10. The largest absolute Gasteiger partial charge is 0.392 e. The van der Waals surface area contributed by atoms with Crippen LogP contribution < -0.4 is 4.90 Å².